The van der Waals surface area contributed by atoms with E-state index in [-0.39, 0.29) is 12.5 Å². The summed E-state index contributed by atoms with van der Waals surface area (Å²) in [6.07, 6.45) is 3.25. The van der Waals surface area contributed by atoms with Crippen LogP contribution in [0.4, 0.5) is 5.69 Å². The minimum Gasteiger partial charge on any atom is -0.356 e. The first kappa shape index (κ1) is 16.3. The van der Waals surface area contributed by atoms with E-state index in [9.17, 15) is 4.79 Å². The number of nitrogens with one attached hydrogen (secondary N) is 1. The lowest BCUT2D eigenvalue weighted by molar-refractivity contribution is -0.127. The van der Waals surface area contributed by atoms with E-state index in [0.717, 1.165) is 38.3 Å². The Balaban J connectivity index is 2.14. The molecule has 1 aromatic rings. The second-order valence-corrected chi connectivity index (χ2v) is 5.74. The predicted octanol–water partition coefficient (Wildman–Crippen LogP) is 1.88. The molecule has 0 saturated heterocycles. The number of aliphatic imine (C=N–C) groups is 1. The fourth-order valence-corrected chi connectivity index (χ4v) is 2.46. The van der Waals surface area contributed by atoms with Crippen LogP contribution in [0.15, 0.2) is 29.3 Å². The van der Waals surface area contributed by atoms with Crippen LogP contribution in [-0.4, -0.2) is 50.5 Å². The fraction of sp³-hybridized carbons (Fsp3) is 0.529. The van der Waals surface area contributed by atoms with Crippen LogP contribution in [0.3, 0.4) is 0 Å². The van der Waals surface area contributed by atoms with Gasteiger partial charge in [-0.2, -0.15) is 0 Å². The zero-order chi connectivity index (χ0) is 15.9. The number of hydrogen-bond donors (Lipinski definition) is 1. The number of fused-ring (bicyclic) bond motifs is 1. The van der Waals surface area contributed by atoms with E-state index in [1.54, 1.807) is 19.0 Å². The highest BCUT2D eigenvalue weighted by Gasteiger charge is 2.22. The van der Waals surface area contributed by atoms with Crippen molar-refractivity contribution in [3.8, 4) is 0 Å². The topological polar surface area (TPSA) is 47.9 Å². The molecule has 0 saturated carbocycles. The first-order chi connectivity index (χ1) is 10.6. The van der Waals surface area contributed by atoms with Crippen molar-refractivity contribution in [2.45, 2.75) is 26.2 Å². The Hall–Kier alpha value is -2.04. The monoisotopic (exact) mass is 302 g/mol. The smallest absolute Gasteiger partial charge is 0.243 e. The van der Waals surface area contributed by atoms with Gasteiger partial charge < -0.3 is 15.1 Å². The number of benzene rings is 1. The average molecular weight is 302 g/mol. The highest BCUT2D eigenvalue weighted by Crippen LogP contribution is 2.27. The summed E-state index contributed by atoms with van der Waals surface area (Å²) in [6, 6.07) is 8.39. The molecule has 1 aromatic carbocycles. The van der Waals surface area contributed by atoms with Gasteiger partial charge in [0.05, 0.1) is 0 Å². The number of rotatable bonds is 5. The van der Waals surface area contributed by atoms with Gasteiger partial charge in [0.15, 0.2) is 5.96 Å². The van der Waals surface area contributed by atoms with Crippen LogP contribution >= 0.6 is 0 Å². The summed E-state index contributed by atoms with van der Waals surface area (Å²) in [4.78, 5) is 20.1. The number of para-hydroxylation sites is 1. The molecule has 0 fully saturated rings. The Labute approximate surface area is 133 Å². The Bertz CT molecular complexity index is 539. The summed E-state index contributed by atoms with van der Waals surface area (Å²) < 4.78 is 0. The summed E-state index contributed by atoms with van der Waals surface area (Å²) >= 11 is 0. The van der Waals surface area contributed by atoms with Gasteiger partial charge in [0, 0.05) is 32.9 Å². The molecule has 0 radical (unpaired) electrons. The van der Waals surface area contributed by atoms with Crippen LogP contribution < -0.4 is 10.2 Å². The van der Waals surface area contributed by atoms with Crippen LogP contribution in [0.25, 0.3) is 0 Å². The number of carbonyl (C=O) groups excluding carboxylic acids is 1. The molecule has 0 aliphatic carbocycles. The molecule has 0 unspecified atom stereocenters. The Kier molecular flexibility index (Phi) is 5.81. The van der Waals surface area contributed by atoms with Gasteiger partial charge >= 0.3 is 0 Å². The van der Waals surface area contributed by atoms with Gasteiger partial charge in [-0.25, -0.2) is 4.99 Å². The first-order valence-corrected chi connectivity index (χ1v) is 7.97. The second-order valence-electron chi connectivity index (χ2n) is 5.74. The maximum Gasteiger partial charge on any atom is 0.243 e. The molecule has 5 heteroatoms. The molecule has 1 aliphatic heterocycles. The summed E-state index contributed by atoms with van der Waals surface area (Å²) in [5, 5.41) is 3.40. The van der Waals surface area contributed by atoms with Crippen molar-refractivity contribution < 1.29 is 4.79 Å². The van der Waals surface area contributed by atoms with E-state index in [0.29, 0.717) is 0 Å². The van der Waals surface area contributed by atoms with Crippen molar-refractivity contribution in [3.63, 3.8) is 0 Å². The Morgan fingerprint density at radius 3 is 2.86 bits per heavy atom. The number of carbonyl (C=O) groups is 1. The first-order valence-electron chi connectivity index (χ1n) is 7.97. The van der Waals surface area contributed by atoms with E-state index in [4.69, 9.17) is 0 Å². The van der Waals surface area contributed by atoms with E-state index in [2.05, 4.69) is 40.3 Å². The van der Waals surface area contributed by atoms with Crippen LogP contribution in [-0.2, 0) is 11.2 Å². The highest BCUT2D eigenvalue weighted by atomic mass is 16.2. The Morgan fingerprint density at radius 1 is 1.36 bits per heavy atom. The molecule has 120 valence electrons. The standard InChI is InChI=1S/C17H26N4O/c1-4-5-11-18-17(19-13-16(22)20(2)3)21-12-10-14-8-6-7-9-15(14)21/h6-9H,4-5,10-13H2,1-3H3,(H,18,19). The molecule has 2 rings (SSSR count). The molecular formula is C17H26N4O. The van der Waals surface area contributed by atoms with Gasteiger partial charge in [0.25, 0.3) is 0 Å². The van der Waals surface area contributed by atoms with Crippen molar-refractivity contribution >= 4 is 17.6 Å². The predicted molar refractivity (Wildman–Crippen MR) is 91.4 cm³/mol. The third kappa shape index (κ3) is 4.00. The van der Waals surface area contributed by atoms with Crippen LogP contribution in [0.2, 0.25) is 0 Å². The van der Waals surface area contributed by atoms with Crippen LogP contribution in [0, 0.1) is 0 Å². The molecule has 1 amide bonds. The number of nitrogens with zero attached hydrogens (tertiary/aromatic N) is 3. The van der Waals surface area contributed by atoms with Gasteiger partial charge in [-0.15, -0.1) is 0 Å². The maximum atomic E-state index is 11.8. The number of anilines is 1. The van der Waals surface area contributed by atoms with Crippen molar-refractivity contribution in [2.75, 3.05) is 38.6 Å². The summed E-state index contributed by atoms with van der Waals surface area (Å²) in [7, 11) is 3.51. The molecule has 0 spiro atoms. The molecule has 5 nitrogen and oxygen atoms in total. The lowest BCUT2D eigenvalue weighted by Gasteiger charge is -2.23. The van der Waals surface area contributed by atoms with Crippen molar-refractivity contribution in [1.29, 1.82) is 0 Å². The largest absolute Gasteiger partial charge is 0.356 e. The van der Waals surface area contributed by atoms with Gasteiger partial charge in [0.1, 0.15) is 6.54 Å². The van der Waals surface area contributed by atoms with E-state index in [1.165, 1.54) is 11.3 Å². The minimum absolute atomic E-state index is 0.0160. The molecule has 0 bridgehead atoms. The SMILES string of the molecule is CCCCNC(=NCC(=O)N(C)C)N1CCc2ccccc21. The van der Waals surface area contributed by atoms with Gasteiger partial charge in [-0.1, -0.05) is 31.5 Å². The summed E-state index contributed by atoms with van der Waals surface area (Å²) in [5.74, 6) is 0.830. The summed E-state index contributed by atoms with van der Waals surface area (Å²) in [6.45, 7) is 4.14. The van der Waals surface area contributed by atoms with Gasteiger partial charge in [-0.05, 0) is 24.5 Å². The lowest BCUT2D eigenvalue weighted by Crippen LogP contribution is -2.42. The maximum absolute atomic E-state index is 11.8. The number of hydrogen-bond acceptors (Lipinski definition) is 2. The lowest BCUT2D eigenvalue weighted by atomic mass is 10.2. The highest BCUT2D eigenvalue weighted by molar-refractivity contribution is 5.99. The number of unbranched alkanes of at least 4 members (excludes halogenated alkanes) is 1. The van der Waals surface area contributed by atoms with Gasteiger partial charge in [-0.3, -0.25) is 4.79 Å². The third-order valence-electron chi connectivity index (χ3n) is 3.82. The molecule has 1 heterocycles. The van der Waals surface area contributed by atoms with Gasteiger partial charge in [0.2, 0.25) is 5.91 Å². The van der Waals surface area contributed by atoms with Crippen molar-refractivity contribution in [2.24, 2.45) is 4.99 Å². The second kappa shape index (κ2) is 7.82. The Morgan fingerprint density at radius 2 is 2.14 bits per heavy atom. The minimum atomic E-state index is 0.0160. The van der Waals surface area contributed by atoms with E-state index >= 15 is 0 Å². The quantitative estimate of drug-likeness (QED) is 0.513. The third-order valence-corrected chi connectivity index (χ3v) is 3.82. The summed E-state index contributed by atoms with van der Waals surface area (Å²) in [5.41, 5.74) is 2.54. The zero-order valence-electron chi connectivity index (χ0n) is 13.8. The normalized spacial score (nSPS) is 14.0. The molecule has 22 heavy (non-hydrogen) atoms. The van der Waals surface area contributed by atoms with Crippen molar-refractivity contribution in [3.05, 3.63) is 29.8 Å². The number of likely N-dealkylation sites (N-methyl/N-ethyl adjacent to an activating group) is 1. The number of amides is 1. The zero-order valence-corrected chi connectivity index (χ0v) is 13.8. The molecule has 1 aliphatic rings. The number of guanidine groups is 1. The average Bonchev–Trinajstić information content (AvgIpc) is 2.94. The van der Waals surface area contributed by atoms with E-state index < -0.39 is 0 Å². The molecular weight excluding hydrogens is 276 g/mol. The van der Waals surface area contributed by atoms with E-state index in [1.807, 2.05) is 6.07 Å². The van der Waals surface area contributed by atoms with Crippen LogP contribution in [0.5, 0.6) is 0 Å². The van der Waals surface area contributed by atoms with Crippen molar-refractivity contribution in [1.82, 2.24) is 10.2 Å². The molecule has 0 aromatic heterocycles. The molecule has 0 atom stereocenters. The van der Waals surface area contributed by atoms with Crippen LogP contribution in [0.1, 0.15) is 25.3 Å². The fourth-order valence-electron chi connectivity index (χ4n) is 2.46. The molecule has 1 N–H and O–H groups in total.